The number of carbonyl (C=O) groups is 1. The van der Waals surface area contributed by atoms with Gasteiger partial charge in [-0.2, -0.15) is 0 Å². The van der Waals surface area contributed by atoms with E-state index in [0.29, 0.717) is 6.42 Å². The second-order valence-corrected chi connectivity index (χ2v) is 5.55. The lowest BCUT2D eigenvalue weighted by Crippen LogP contribution is -2.26. The molecule has 1 amide bonds. The molecule has 0 aromatic heterocycles. The van der Waals surface area contributed by atoms with E-state index in [2.05, 4.69) is 10.2 Å². The minimum atomic E-state index is 0.124. The first-order chi connectivity index (χ1) is 10.6. The highest BCUT2D eigenvalue weighted by Gasteiger charge is 2.06. The molecule has 0 spiro atoms. The van der Waals surface area contributed by atoms with Crippen molar-refractivity contribution in [1.29, 1.82) is 0 Å². The average molecular weight is 308 g/mol. The number of rotatable bonds is 10. The molecule has 0 saturated heterocycles. The topological polar surface area (TPSA) is 50.8 Å². The second kappa shape index (κ2) is 10.1. The molecule has 0 heterocycles. The predicted octanol–water partition coefficient (Wildman–Crippen LogP) is 2.09. The molecular formula is C17H28N2O3. The lowest BCUT2D eigenvalue weighted by molar-refractivity contribution is -0.121. The highest BCUT2D eigenvalue weighted by atomic mass is 16.5. The molecule has 0 aliphatic carbocycles. The number of benzene rings is 1. The Balaban J connectivity index is 2.27. The van der Waals surface area contributed by atoms with E-state index < -0.39 is 0 Å². The molecule has 0 atom stereocenters. The molecule has 1 aromatic rings. The first-order valence-corrected chi connectivity index (χ1v) is 7.69. The summed E-state index contributed by atoms with van der Waals surface area (Å²) >= 11 is 0. The molecule has 1 rings (SSSR count). The Labute approximate surface area is 133 Å². The van der Waals surface area contributed by atoms with E-state index in [1.165, 1.54) is 0 Å². The van der Waals surface area contributed by atoms with Crippen LogP contribution in [-0.2, 0) is 11.2 Å². The summed E-state index contributed by atoms with van der Waals surface area (Å²) in [5.41, 5.74) is 1.15. The fraction of sp³-hybridized carbons (Fsp3) is 0.588. The number of nitrogens with zero attached hydrogens (tertiary/aromatic N) is 1. The van der Waals surface area contributed by atoms with Crippen molar-refractivity contribution in [3.63, 3.8) is 0 Å². The van der Waals surface area contributed by atoms with Crippen LogP contribution in [0.3, 0.4) is 0 Å². The summed E-state index contributed by atoms with van der Waals surface area (Å²) in [6, 6.07) is 5.87. The highest BCUT2D eigenvalue weighted by Crippen LogP contribution is 2.28. The van der Waals surface area contributed by atoms with Gasteiger partial charge in [0, 0.05) is 13.0 Å². The lowest BCUT2D eigenvalue weighted by Gasteiger charge is -2.10. The maximum absolute atomic E-state index is 11.7. The second-order valence-electron chi connectivity index (χ2n) is 5.55. The van der Waals surface area contributed by atoms with Crippen LogP contribution in [0.4, 0.5) is 0 Å². The number of hydrogen-bond donors (Lipinski definition) is 1. The molecule has 5 heteroatoms. The molecule has 0 saturated carbocycles. The van der Waals surface area contributed by atoms with Crippen molar-refractivity contribution in [3.8, 4) is 11.5 Å². The summed E-state index contributed by atoms with van der Waals surface area (Å²) in [5.74, 6) is 1.58. The number of amides is 1. The third-order valence-electron chi connectivity index (χ3n) is 3.42. The van der Waals surface area contributed by atoms with E-state index in [9.17, 15) is 4.79 Å². The fourth-order valence-electron chi connectivity index (χ4n) is 2.20. The third-order valence-corrected chi connectivity index (χ3v) is 3.42. The van der Waals surface area contributed by atoms with E-state index in [1.54, 1.807) is 14.2 Å². The van der Waals surface area contributed by atoms with Gasteiger partial charge in [0.25, 0.3) is 0 Å². The molecular weight excluding hydrogens is 280 g/mol. The average Bonchev–Trinajstić information content (AvgIpc) is 2.51. The quantitative estimate of drug-likeness (QED) is 0.673. The maximum atomic E-state index is 11.7. The van der Waals surface area contributed by atoms with Gasteiger partial charge in [-0.25, -0.2) is 0 Å². The van der Waals surface area contributed by atoms with Crippen molar-refractivity contribution >= 4 is 5.91 Å². The molecule has 1 aromatic carbocycles. The molecule has 0 radical (unpaired) electrons. The molecule has 0 aliphatic rings. The lowest BCUT2D eigenvalue weighted by atomic mass is 10.1. The summed E-state index contributed by atoms with van der Waals surface area (Å²) in [7, 11) is 7.32. The van der Waals surface area contributed by atoms with E-state index in [0.717, 1.165) is 49.4 Å². The smallest absolute Gasteiger partial charge is 0.220 e. The zero-order valence-electron chi connectivity index (χ0n) is 14.1. The van der Waals surface area contributed by atoms with Crippen LogP contribution in [0.15, 0.2) is 18.2 Å². The number of nitrogens with one attached hydrogen (secondary N) is 1. The van der Waals surface area contributed by atoms with Crippen molar-refractivity contribution < 1.29 is 14.3 Å². The van der Waals surface area contributed by atoms with Gasteiger partial charge < -0.3 is 19.7 Å². The molecule has 1 N–H and O–H groups in total. The van der Waals surface area contributed by atoms with E-state index in [-0.39, 0.29) is 5.91 Å². The van der Waals surface area contributed by atoms with Gasteiger partial charge in [-0.05, 0) is 57.6 Å². The van der Waals surface area contributed by atoms with Crippen molar-refractivity contribution in [2.45, 2.75) is 25.7 Å². The Morgan fingerprint density at radius 1 is 1.14 bits per heavy atom. The summed E-state index contributed by atoms with van der Waals surface area (Å²) in [6.45, 7) is 1.74. The Morgan fingerprint density at radius 2 is 1.86 bits per heavy atom. The van der Waals surface area contributed by atoms with Gasteiger partial charge >= 0.3 is 0 Å². The Hall–Kier alpha value is -1.75. The molecule has 0 fully saturated rings. The normalized spacial score (nSPS) is 10.6. The minimum absolute atomic E-state index is 0.124. The molecule has 0 bridgehead atoms. The van der Waals surface area contributed by atoms with Crippen LogP contribution in [0.1, 0.15) is 24.8 Å². The fourth-order valence-corrected chi connectivity index (χ4v) is 2.20. The molecule has 0 unspecified atom stereocenters. The van der Waals surface area contributed by atoms with E-state index in [4.69, 9.17) is 9.47 Å². The van der Waals surface area contributed by atoms with Crippen LogP contribution in [0.25, 0.3) is 0 Å². The summed E-state index contributed by atoms with van der Waals surface area (Å²) in [5, 5.41) is 2.95. The molecule has 5 nitrogen and oxygen atoms in total. The Morgan fingerprint density at radius 3 is 2.50 bits per heavy atom. The van der Waals surface area contributed by atoms with Crippen LogP contribution in [0.2, 0.25) is 0 Å². The zero-order chi connectivity index (χ0) is 16.4. The van der Waals surface area contributed by atoms with Gasteiger partial charge in [0.15, 0.2) is 11.5 Å². The maximum Gasteiger partial charge on any atom is 0.220 e. The van der Waals surface area contributed by atoms with Gasteiger partial charge in [-0.3, -0.25) is 4.79 Å². The van der Waals surface area contributed by atoms with Crippen molar-refractivity contribution in [1.82, 2.24) is 10.2 Å². The zero-order valence-corrected chi connectivity index (χ0v) is 14.1. The van der Waals surface area contributed by atoms with Gasteiger partial charge in [0.2, 0.25) is 5.91 Å². The Bertz CT molecular complexity index is 461. The summed E-state index contributed by atoms with van der Waals surface area (Å²) in [6.07, 6.45) is 3.21. The largest absolute Gasteiger partial charge is 0.493 e. The SMILES string of the molecule is COc1ccc(CCCC(=O)NCCCN(C)C)cc1OC. The van der Waals surface area contributed by atoms with Crippen LogP contribution in [0, 0.1) is 0 Å². The molecule has 124 valence electrons. The number of hydrogen-bond acceptors (Lipinski definition) is 4. The van der Waals surface area contributed by atoms with Crippen LogP contribution >= 0.6 is 0 Å². The monoisotopic (exact) mass is 308 g/mol. The third kappa shape index (κ3) is 6.80. The van der Waals surface area contributed by atoms with Crippen molar-refractivity contribution in [2.24, 2.45) is 0 Å². The van der Waals surface area contributed by atoms with Gasteiger partial charge in [0.05, 0.1) is 14.2 Å². The van der Waals surface area contributed by atoms with Crippen LogP contribution in [0.5, 0.6) is 11.5 Å². The predicted molar refractivity (Wildman–Crippen MR) is 88.7 cm³/mol. The number of methoxy groups -OCH3 is 2. The number of aryl methyl sites for hydroxylation is 1. The molecule has 0 aliphatic heterocycles. The Kier molecular flexibility index (Phi) is 8.36. The summed E-state index contributed by atoms with van der Waals surface area (Å²) < 4.78 is 10.5. The van der Waals surface area contributed by atoms with E-state index >= 15 is 0 Å². The first kappa shape index (κ1) is 18.3. The van der Waals surface area contributed by atoms with Crippen molar-refractivity contribution in [2.75, 3.05) is 41.4 Å². The highest BCUT2D eigenvalue weighted by molar-refractivity contribution is 5.75. The minimum Gasteiger partial charge on any atom is -0.493 e. The first-order valence-electron chi connectivity index (χ1n) is 7.69. The standard InChI is InChI=1S/C17H28N2O3/c1-19(2)12-6-11-18-17(20)8-5-7-14-9-10-15(21-3)16(13-14)22-4/h9-10,13H,5-8,11-12H2,1-4H3,(H,18,20). The van der Waals surface area contributed by atoms with Crippen LogP contribution in [-0.4, -0.2) is 52.2 Å². The number of ether oxygens (including phenoxy) is 2. The van der Waals surface area contributed by atoms with Gasteiger partial charge in [-0.15, -0.1) is 0 Å². The van der Waals surface area contributed by atoms with Gasteiger partial charge in [0.1, 0.15) is 0 Å². The van der Waals surface area contributed by atoms with Gasteiger partial charge in [-0.1, -0.05) is 6.07 Å². The van der Waals surface area contributed by atoms with Crippen molar-refractivity contribution in [3.05, 3.63) is 23.8 Å². The van der Waals surface area contributed by atoms with E-state index in [1.807, 2.05) is 32.3 Å². The van der Waals surface area contributed by atoms with Crippen LogP contribution < -0.4 is 14.8 Å². The number of carbonyl (C=O) groups excluding carboxylic acids is 1. The molecule has 22 heavy (non-hydrogen) atoms. The summed E-state index contributed by atoms with van der Waals surface area (Å²) in [4.78, 5) is 13.8.